The molecule has 0 unspecified atom stereocenters. The number of primary amides is 1. The Hall–Kier alpha value is -1.63. The van der Waals surface area contributed by atoms with E-state index in [-0.39, 0.29) is 0 Å². The van der Waals surface area contributed by atoms with Crippen LogP contribution in [0.2, 0.25) is 4.34 Å². The first-order chi connectivity index (χ1) is 10.6. The summed E-state index contributed by atoms with van der Waals surface area (Å²) in [5, 5.41) is 0. The molecule has 3 rings (SSSR count). The van der Waals surface area contributed by atoms with Gasteiger partial charge in [-0.2, -0.15) is 0 Å². The van der Waals surface area contributed by atoms with Crippen molar-refractivity contribution in [2.24, 2.45) is 5.73 Å². The van der Waals surface area contributed by atoms with E-state index >= 15 is 0 Å². The van der Waals surface area contributed by atoms with Gasteiger partial charge in [-0.25, -0.2) is 0 Å². The molecule has 0 saturated carbocycles. The van der Waals surface area contributed by atoms with Gasteiger partial charge >= 0.3 is 0 Å². The number of carbonyl (C=O) groups excluding carboxylic acids is 1. The number of anilines is 1. The van der Waals surface area contributed by atoms with Crippen LogP contribution in [0, 0.1) is 0 Å². The highest BCUT2D eigenvalue weighted by molar-refractivity contribution is 7.16. The summed E-state index contributed by atoms with van der Waals surface area (Å²) in [5.74, 6) is -0.491. The molecule has 2 N–H and O–H groups in total. The van der Waals surface area contributed by atoms with Gasteiger partial charge in [0.05, 0.1) is 4.34 Å². The lowest BCUT2D eigenvalue weighted by atomic mass is 10.2. The van der Waals surface area contributed by atoms with E-state index in [1.165, 1.54) is 4.88 Å². The van der Waals surface area contributed by atoms with Gasteiger partial charge < -0.3 is 10.6 Å². The third-order valence-corrected chi connectivity index (χ3v) is 4.96. The average molecular weight is 337 g/mol. The number of piperazine rings is 1. The van der Waals surface area contributed by atoms with E-state index < -0.39 is 5.91 Å². The molecule has 1 aliphatic rings. The fraction of sp³-hybridized carbons (Fsp3) is 0.333. The number of pyridine rings is 1. The number of nitrogens with zero attached hydrogens (tertiary/aromatic N) is 3. The van der Waals surface area contributed by atoms with E-state index in [0.29, 0.717) is 5.69 Å². The van der Waals surface area contributed by atoms with Crippen molar-refractivity contribution in [3.63, 3.8) is 0 Å². The van der Waals surface area contributed by atoms with Gasteiger partial charge in [-0.3, -0.25) is 14.7 Å². The van der Waals surface area contributed by atoms with Gasteiger partial charge in [0.25, 0.3) is 5.91 Å². The van der Waals surface area contributed by atoms with Gasteiger partial charge in [-0.1, -0.05) is 11.6 Å². The topological polar surface area (TPSA) is 62.5 Å². The average Bonchev–Trinajstić information content (AvgIpc) is 2.93. The van der Waals surface area contributed by atoms with Crippen LogP contribution in [0.5, 0.6) is 0 Å². The van der Waals surface area contributed by atoms with Gasteiger partial charge in [-0.05, 0) is 24.3 Å². The number of hydrogen-bond acceptors (Lipinski definition) is 5. The number of thiophene rings is 1. The second-order valence-electron chi connectivity index (χ2n) is 5.23. The zero-order valence-corrected chi connectivity index (χ0v) is 13.6. The lowest BCUT2D eigenvalue weighted by molar-refractivity contribution is 0.0995. The third-order valence-electron chi connectivity index (χ3n) is 3.74. The van der Waals surface area contributed by atoms with Crippen LogP contribution in [-0.2, 0) is 6.54 Å². The van der Waals surface area contributed by atoms with Crippen molar-refractivity contribution in [3.05, 3.63) is 45.4 Å². The molecule has 0 aliphatic carbocycles. The van der Waals surface area contributed by atoms with Crippen molar-refractivity contribution in [1.29, 1.82) is 0 Å². The largest absolute Gasteiger partial charge is 0.369 e. The molecule has 2 aromatic rings. The maximum atomic E-state index is 11.2. The fourth-order valence-corrected chi connectivity index (χ4v) is 3.70. The minimum atomic E-state index is -0.491. The Morgan fingerprint density at radius 2 is 2.05 bits per heavy atom. The van der Waals surface area contributed by atoms with Crippen LogP contribution in [0.25, 0.3) is 0 Å². The molecule has 7 heteroatoms. The first kappa shape index (κ1) is 15.3. The summed E-state index contributed by atoms with van der Waals surface area (Å²) in [6.07, 6.45) is 1.63. The van der Waals surface area contributed by atoms with Crippen LogP contribution in [0.3, 0.4) is 0 Å². The second-order valence-corrected chi connectivity index (χ2v) is 7.03. The third kappa shape index (κ3) is 3.58. The summed E-state index contributed by atoms with van der Waals surface area (Å²) in [7, 11) is 0. The molecule has 0 atom stereocenters. The van der Waals surface area contributed by atoms with Gasteiger partial charge in [0.15, 0.2) is 0 Å². The minimum Gasteiger partial charge on any atom is -0.369 e. The van der Waals surface area contributed by atoms with Gasteiger partial charge in [0, 0.05) is 49.5 Å². The lowest BCUT2D eigenvalue weighted by Gasteiger charge is -2.35. The van der Waals surface area contributed by atoms with Crippen molar-refractivity contribution >= 4 is 34.5 Å². The SMILES string of the molecule is NC(=O)c1cc(N2CCN(Cc3ccc(Cl)s3)CC2)ccn1. The number of nitrogens with two attached hydrogens (primary N) is 1. The van der Waals surface area contributed by atoms with Gasteiger partial charge in [0.1, 0.15) is 5.69 Å². The number of rotatable bonds is 4. The predicted octanol–water partition coefficient (Wildman–Crippen LogP) is 2.22. The molecule has 0 spiro atoms. The van der Waals surface area contributed by atoms with Crippen molar-refractivity contribution < 1.29 is 4.79 Å². The Morgan fingerprint density at radius 3 is 2.68 bits per heavy atom. The van der Waals surface area contributed by atoms with Crippen LogP contribution >= 0.6 is 22.9 Å². The van der Waals surface area contributed by atoms with Crippen molar-refractivity contribution in [2.45, 2.75) is 6.54 Å². The Labute approximate surface area is 138 Å². The summed E-state index contributed by atoms with van der Waals surface area (Å²) in [6.45, 7) is 4.73. The molecule has 1 amide bonds. The minimum absolute atomic E-state index is 0.313. The molecule has 1 aliphatic heterocycles. The summed E-state index contributed by atoms with van der Waals surface area (Å²) in [4.78, 5) is 21.2. The zero-order valence-electron chi connectivity index (χ0n) is 12.0. The number of aromatic nitrogens is 1. The number of carbonyl (C=O) groups is 1. The van der Waals surface area contributed by atoms with E-state index in [2.05, 4.69) is 20.9 Å². The van der Waals surface area contributed by atoms with Gasteiger partial charge in [0.2, 0.25) is 0 Å². The number of hydrogen-bond donors (Lipinski definition) is 1. The van der Waals surface area contributed by atoms with Crippen molar-refractivity contribution in [3.8, 4) is 0 Å². The van der Waals surface area contributed by atoms with E-state index in [9.17, 15) is 4.79 Å². The van der Waals surface area contributed by atoms with Crippen LogP contribution in [0.15, 0.2) is 30.5 Å². The Balaban J connectivity index is 1.59. The van der Waals surface area contributed by atoms with Crippen LogP contribution < -0.4 is 10.6 Å². The number of amides is 1. The summed E-state index contributed by atoms with van der Waals surface area (Å²) in [6, 6.07) is 7.71. The molecule has 22 heavy (non-hydrogen) atoms. The van der Waals surface area contributed by atoms with E-state index in [1.807, 2.05) is 12.1 Å². The smallest absolute Gasteiger partial charge is 0.267 e. The summed E-state index contributed by atoms with van der Waals surface area (Å²) in [5.41, 5.74) is 6.60. The first-order valence-electron chi connectivity index (χ1n) is 7.09. The normalized spacial score (nSPS) is 16.0. The zero-order chi connectivity index (χ0) is 15.5. The van der Waals surface area contributed by atoms with E-state index in [0.717, 1.165) is 42.7 Å². The first-order valence-corrected chi connectivity index (χ1v) is 8.28. The van der Waals surface area contributed by atoms with Crippen LogP contribution in [0.4, 0.5) is 5.69 Å². The number of halogens is 1. The molecule has 5 nitrogen and oxygen atoms in total. The molecule has 0 aromatic carbocycles. The predicted molar refractivity (Wildman–Crippen MR) is 89.6 cm³/mol. The Bertz CT molecular complexity index is 667. The molecular formula is C15H17ClN4OS. The fourth-order valence-electron chi connectivity index (χ4n) is 2.57. The molecule has 0 bridgehead atoms. The molecule has 116 valence electrons. The quantitative estimate of drug-likeness (QED) is 0.930. The molecular weight excluding hydrogens is 320 g/mol. The molecule has 0 radical (unpaired) electrons. The summed E-state index contributed by atoms with van der Waals surface area (Å²) >= 11 is 7.60. The molecule has 3 heterocycles. The van der Waals surface area contributed by atoms with Crippen molar-refractivity contribution in [1.82, 2.24) is 9.88 Å². The second kappa shape index (κ2) is 6.64. The molecule has 2 aromatic heterocycles. The highest BCUT2D eigenvalue weighted by Gasteiger charge is 2.18. The molecule has 1 saturated heterocycles. The van der Waals surface area contributed by atoms with E-state index in [1.54, 1.807) is 23.6 Å². The van der Waals surface area contributed by atoms with E-state index in [4.69, 9.17) is 17.3 Å². The Morgan fingerprint density at radius 1 is 1.27 bits per heavy atom. The highest BCUT2D eigenvalue weighted by Crippen LogP contribution is 2.24. The molecule has 1 fully saturated rings. The van der Waals surface area contributed by atoms with Gasteiger partial charge in [-0.15, -0.1) is 11.3 Å². The summed E-state index contributed by atoms with van der Waals surface area (Å²) < 4.78 is 0.837. The van der Waals surface area contributed by atoms with Crippen molar-refractivity contribution in [2.75, 3.05) is 31.1 Å². The maximum absolute atomic E-state index is 11.2. The van der Waals surface area contributed by atoms with Crippen LogP contribution in [-0.4, -0.2) is 42.0 Å². The standard InChI is InChI=1S/C15H17ClN4OS/c16-14-2-1-12(22-14)10-19-5-7-20(8-6-19)11-3-4-18-13(9-11)15(17)21/h1-4,9H,5-8,10H2,(H2,17,21). The monoisotopic (exact) mass is 336 g/mol. The van der Waals surface area contributed by atoms with Crippen LogP contribution in [0.1, 0.15) is 15.4 Å². The maximum Gasteiger partial charge on any atom is 0.267 e. The lowest BCUT2D eigenvalue weighted by Crippen LogP contribution is -2.45. The highest BCUT2D eigenvalue weighted by atomic mass is 35.5. The Kier molecular flexibility index (Phi) is 4.61.